The Bertz CT molecular complexity index is 761. The number of methoxy groups -OCH3 is 1. The minimum Gasteiger partial charge on any atom is -0.453 e. The number of rotatable bonds is 3. The van der Waals surface area contributed by atoms with E-state index >= 15 is 0 Å². The first-order chi connectivity index (χ1) is 11.6. The summed E-state index contributed by atoms with van der Waals surface area (Å²) in [6.45, 7) is 1.00. The van der Waals surface area contributed by atoms with Gasteiger partial charge >= 0.3 is 6.09 Å². The average molecular weight is 349 g/mol. The Kier molecular flexibility index (Phi) is 4.71. The zero-order valence-electron chi connectivity index (χ0n) is 13.1. The Morgan fingerprint density at radius 1 is 1.42 bits per heavy atom. The number of aromatic amines is 1. The van der Waals surface area contributed by atoms with E-state index in [1.54, 1.807) is 23.1 Å². The molecule has 1 fully saturated rings. The van der Waals surface area contributed by atoms with Gasteiger partial charge in [0.2, 0.25) is 0 Å². The van der Waals surface area contributed by atoms with E-state index in [-0.39, 0.29) is 18.0 Å². The van der Waals surface area contributed by atoms with Crippen LogP contribution in [-0.4, -0.2) is 53.3 Å². The van der Waals surface area contributed by atoms with Crippen molar-refractivity contribution in [2.75, 3.05) is 20.2 Å². The molecule has 1 aliphatic rings. The fourth-order valence-electron chi connectivity index (χ4n) is 2.67. The van der Waals surface area contributed by atoms with E-state index < -0.39 is 0 Å². The van der Waals surface area contributed by atoms with Gasteiger partial charge in [0.15, 0.2) is 0 Å². The summed E-state index contributed by atoms with van der Waals surface area (Å²) in [5.41, 5.74) is 1.84. The highest BCUT2D eigenvalue weighted by molar-refractivity contribution is 6.30. The summed E-state index contributed by atoms with van der Waals surface area (Å²) in [6.07, 6.45) is 0.312. The van der Waals surface area contributed by atoms with Crippen molar-refractivity contribution in [1.82, 2.24) is 20.4 Å². The maximum atomic E-state index is 12.3. The van der Waals surface area contributed by atoms with Crippen molar-refractivity contribution in [2.45, 2.75) is 12.5 Å². The number of benzene rings is 1. The largest absolute Gasteiger partial charge is 0.453 e. The third-order valence-corrected chi connectivity index (χ3v) is 4.13. The molecule has 0 spiro atoms. The lowest BCUT2D eigenvalue weighted by Crippen LogP contribution is -2.38. The maximum Gasteiger partial charge on any atom is 0.409 e. The Morgan fingerprint density at radius 2 is 2.25 bits per heavy atom. The van der Waals surface area contributed by atoms with Crippen LogP contribution < -0.4 is 5.32 Å². The summed E-state index contributed by atoms with van der Waals surface area (Å²) in [5, 5.41) is 10.4. The Labute approximate surface area is 143 Å². The molecular weight excluding hydrogens is 332 g/mol. The third kappa shape index (κ3) is 3.51. The van der Waals surface area contributed by atoms with Crippen LogP contribution in [0, 0.1) is 0 Å². The number of nitrogens with zero attached hydrogens (tertiary/aromatic N) is 2. The van der Waals surface area contributed by atoms with E-state index in [0.717, 1.165) is 5.56 Å². The molecule has 2 amide bonds. The van der Waals surface area contributed by atoms with Crippen LogP contribution in [0.25, 0.3) is 11.3 Å². The van der Waals surface area contributed by atoms with Gasteiger partial charge in [-0.25, -0.2) is 4.79 Å². The minimum atomic E-state index is -0.378. The second kappa shape index (κ2) is 6.92. The SMILES string of the molecule is COC(=O)N1CC[C@H](NC(=O)c2cc(-c3cccc(Cl)c3)n[nH]2)C1. The summed E-state index contributed by atoms with van der Waals surface area (Å²) in [6, 6.07) is 8.83. The van der Waals surface area contributed by atoms with Crippen LogP contribution in [0.1, 0.15) is 16.9 Å². The van der Waals surface area contributed by atoms with E-state index in [4.69, 9.17) is 11.6 Å². The first-order valence-electron chi connectivity index (χ1n) is 7.52. The number of hydrogen-bond acceptors (Lipinski definition) is 4. The Hall–Kier alpha value is -2.54. The van der Waals surface area contributed by atoms with Gasteiger partial charge in [0.1, 0.15) is 5.69 Å². The first-order valence-corrected chi connectivity index (χ1v) is 7.89. The predicted molar refractivity (Wildman–Crippen MR) is 88.9 cm³/mol. The lowest BCUT2D eigenvalue weighted by Gasteiger charge is -2.15. The second-order valence-corrected chi connectivity index (χ2v) is 5.99. The number of likely N-dealkylation sites (tertiary alicyclic amines) is 1. The molecule has 2 N–H and O–H groups in total. The van der Waals surface area contributed by atoms with Crippen LogP contribution in [0.3, 0.4) is 0 Å². The smallest absolute Gasteiger partial charge is 0.409 e. The van der Waals surface area contributed by atoms with Gasteiger partial charge in [0.05, 0.1) is 12.8 Å². The van der Waals surface area contributed by atoms with Gasteiger partial charge in [-0.3, -0.25) is 9.89 Å². The molecule has 126 valence electrons. The van der Waals surface area contributed by atoms with Gasteiger partial charge in [-0.2, -0.15) is 5.10 Å². The lowest BCUT2D eigenvalue weighted by molar-refractivity contribution is 0.0929. The van der Waals surface area contributed by atoms with Gasteiger partial charge in [0, 0.05) is 29.7 Å². The molecule has 0 bridgehead atoms. The molecule has 0 unspecified atom stereocenters. The van der Waals surface area contributed by atoms with Gasteiger partial charge in [0.25, 0.3) is 5.91 Å². The molecule has 0 radical (unpaired) electrons. The monoisotopic (exact) mass is 348 g/mol. The fourth-order valence-corrected chi connectivity index (χ4v) is 2.86. The van der Waals surface area contributed by atoms with Crippen molar-refractivity contribution < 1.29 is 14.3 Å². The normalized spacial score (nSPS) is 16.9. The molecule has 1 aliphatic heterocycles. The van der Waals surface area contributed by atoms with Crippen molar-refractivity contribution in [3.05, 3.63) is 41.0 Å². The fraction of sp³-hybridized carbons (Fsp3) is 0.312. The number of aromatic nitrogens is 2. The molecular formula is C16H17ClN4O3. The molecule has 1 atom stereocenters. The first kappa shape index (κ1) is 16.3. The Balaban J connectivity index is 1.63. The second-order valence-electron chi connectivity index (χ2n) is 5.55. The summed E-state index contributed by atoms with van der Waals surface area (Å²) >= 11 is 5.97. The summed E-state index contributed by atoms with van der Waals surface area (Å²) in [5.74, 6) is -0.257. The molecule has 0 aliphatic carbocycles. The number of amides is 2. The van der Waals surface area contributed by atoms with Crippen LogP contribution in [0.5, 0.6) is 0 Å². The third-order valence-electron chi connectivity index (χ3n) is 3.90. The van der Waals surface area contributed by atoms with Crippen LogP contribution >= 0.6 is 11.6 Å². The molecule has 8 heteroatoms. The summed E-state index contributed by atoms with van der Waals surface area (Å²) < 4.78 is 4.68. The van der Waals surface area contributed by atoms with Crippen LogP contribution in [0.4, 0.5) is 4.79 Å². The minimum absolute atomic E-state index is 0.102. The highest BCUT2D eigenvalue weighted by Gasteiger charge is 2.28. The average Bonchev–Trinajstić information content (AvgIpc) is 3.23. The van der Waals surface area contributed by atoms with Crippen molar-refractivity contribution in [3.63, 3.8) is 0 Å². The maximum absolute atomic E-state index is 12.3. The molecule has 2 heterocycles. The molecule has 7 nitrogen and oxygen atoms in total. The molecule has 1 aromatic heterocycles. The van der Waals surface area contributed by atoms with Gasteiger partial charge < -0.3 is 15.0 Å². The predicted octanol–water partition coefficient (Wildman–Crippen LogP) is 2.30. The number of nitrogens with one attached hydrogen (secondary N) is 2. The molecule has 2 aromatic rings. The van der Waals surface area contributed by atoms with E-state index in [2.05, 4.69) is 20.3 Å². The standard InChI is InChI=1S/C16H17ClN4O3/c1-24-16(23)21-6-5-12(9-21)18-15(22)14-8-13(19-20-14)10-3-2-4-11(17)7-10/h2-4,7-8,12H,5-6,9H2,1H3,(H,18,22)(H,19,20)/t12-/m0/s1. The van der Waals surface area contributed by atoms with Crippen LogP contribution in [0.15, 0.2) is 30.3 Å². The molecule has 1 saturated heterocycles. The van der Waals surface area contributed by atoms with Crippen molar-refractivity contribution >= 4 is 23.6 Å². The molecule has 0 saturated carbocycles. The van der Waals surface area contributed by atoms with E-state index in [0.29, 0.717) is 35.9 Å². The van der Waals surface area contributed by atoms with E-state index in [1.807, 2.05) is 12.1 Å². The molecule has 3 rings (SSSR count). The zero-order chi connectivity index (χ0) is 17.1. The van der Waals surface area contributed by atoms with Crippen LogP contribution in [-0.2, 0) is 4.74 Å². The highest BCUT2D eigenvalue weighted by atomic mass is 35.5. The number of ether oxygens (including phenoxy) is 1. The van der Waals surface area contributed by atoms with Crippen molar-refractivity contribution in [1.29, 1.82) is 0 Å². The van der Waals surface area contributed by atoms with E-state index in [9.17, 15) is 9.59 Å². The van der Waals surface area contributed by atoms with Crippen molar-refractivity contribution in [2.24, 2.45) is 0 Å². The van der Waals surface area contributed by atoms with Crippen LogP contribution in [0.2, 0.25) is 5.02 Å². The topological polar surface area (TPSA) is 87.3 Å². The van der Waals surface area contributed by atoms with Crippen molar-refractivity contribution in [3.8, 4) is 11.3 Å². The number of hydrogen-bond donors (Lipinski definition) is 2. The zero-order valence-corrected chi connectivity index (χ0v) is 13.8. The number of carbonyl (C=O) groups excluding carboxylic acids is 2. The van der Waals surface area contributed by atoms with Gasteiger partial charge in [-0.15, -0.1) is 0 Å². The summed E-state index contributed by atoms with van der Waals surface area (Å²) in [4.78, 5) is 25.3. The molecule has 1 aromatic carbocycles. The lowest BCUT2D eigenvalue weighted by atomic mass is 10.1. The Morgan fingerprint density at radius 3 is 3.00 bits per heavy atom. The number of halogens is 1. The number of carbonyl (C=O) groups is 2. The van der Waals surface area contributed by atoms with E-state index in [1.165, 1.54) is 7.11 Å². The number of H-pyrrole nitrogens is 1. The summed E-state index contributed by atoms with van der Waals surface area (Å²) in [7, 11) is 1.34. The quantitative estimate of drug-likeness (QED) is 0.891. The highest BCUT2D eigenvalue weighted by Crippen LogP contribution is 2.21. The van der Waals surface area contributed by atoms with Gasteiger partial charge in [-0.05, 0) is 24.6 Å². The molecule has 24 heavy (non-hydrogen) atoms. The van der Waals surface area contributed by atoms with Gasteiger partial charge in [-0.1, -0.05) is 23.7 Å².